The van der Waals surface area contributed by atoms with Gasteiger partial charge in [0.25, 0.3) is 0 Å². The third-order valence-corrected chi connectivity index (χ3v) is 3.18. The van der Waals surface area contributed by atoms with Gasteiger partial charge in [-0.1, -0.05) is 13.8 Å². The van der Waals surface area contributed by atoms with E-state index in [2.05, 4.69) is 20.6 Å². The molecule has 1 heterocycles. The van der Waals surface area contributed by atoms with Crippen molar-refractivity contribution in [2.75, 3.05) is 6.54 Å². The Balaban J connectivity index is 2.80. The Morgan fingerprint density at radius 3 is 2.43 bits per heavy atom. The Morgan fingerprint density at radius 2 is 1.96 bits per heavy atom. The van der Waals surface area contributed by atoms with Crippen LogP contribution in [0, 0.1) is 5.92 Å². The molecule has 0 aliphatic heterocycles. The van der Waals surface area contributed by atoms with Crippen molar-refractivity contribution in [2.24, 2.45) is 17.4 Å². The Labute approximate surface area is 134 Å². The van der Waals surface area contributed by atoms with Crippen molar-refractivity contribution in [1.29, 1.82) is 0 Å². The van der Waals surface area contributed by atoms with Crippen LogP contribution < -0.4 is 22.1 Å². The molecule has 7 N–H and O–H groups in total. The first-order chi connectivity index (χ1) is 10.8. The number of hydrogen-bond donors (Lipinski definition) is 5. The van der Waals surface area contributed by atoms with Gasteiger partial charge in [0.1, 0.15) is 12.1 Å². The molecule has 128 valence electrons. The molecule has 9 nitrogen and oxygen atoms in total. The number of carbonyl (C=O) groups is 3. The molecule has 0 aromatic carbocycles. The van der Waals surface area contributed by atoms with Crippen LogP contribution in [0.1, 0.15) is 26.0 Å². The summed E-state index contributed by atoms with van der Waals surface area (Å²) in [5.74, 6) is -1.40. The molecule has 0 aliphatic carbocycles. The van der Waals surface area contributed by atoms with Gasteiger partial charge in [-0.05, 0) is 12.3 Å². The van der Waals surface area contributed by atoms with Gasteiger partial charge in [0, 0.05) is 18.3 Å². The predicted octanol–water partition coefficient (Wildman–Crippen LogP) is -1.59. The van der Waals surface area contributed by atoms with Gasteiger partial charge in [-0.3, -0.25) is 14.4 Å². The van der Waals surface area contributed by atoms with Crippen LogP contribution in [0.4, 0.5) is 0 Å². The predicted molar refractivity (Wildman–Crippen MR) is 83.9 cm³/mol. The summed E-state index contributed by atoms with van der Waals surface area (Å²) in [4.78, 5) is 42.1. The number of hydrogen-bond acceptors (Lipinski definition) is 5. The van der Waals surface area contributed by atoms with E-state index >= 15 is 0 Å². The van der Waals surface area contributed by atoms with E-state index in [1.54, 1.807) is 6.20 Å². The molecule has 0 saturated carbocycles. The largest absolute Gasteiger partial charge is 0.368 e. The summed E-state index contributed by atoms with van der Waals surface area (Å²) in [5, 5.41) is 5.11. The van der Waals surface area contributed by atoms with Crippen molar-refractivity contribution in [2.45, 2.75) is 38.8 Å². The van der Waals surface area contributed by atoms with Crippen LogP contribution in [0.15, 0.2) is 12.5 Å². The number of nitrogens with zero attached hydrogens (tertiary/aromatic N) is 1. The number of rotatable bonds is 9. The van der Waals surface area contributed by atoms with Crippen molar-refractivity contribution in [3.8, 4) is 0 Å². The number of carbonyl (C=O) groups excluding carboxylic acids is 3. The third kappa shape index (κ3) is 6.47. The van der Waals surface area contributed by atoms with E-state index in [1.165, 1.54) is 6.33 Å². The van der Waals surface area contributed by atoms with E-state index in [0.29, 0.717) is 12.1 Å². The minimum Gasteiger partial charge on any atom is -0.368 e. The van der Waals surface area contributed by atoms with E-state index in [9.17, 15) is 14.4 Å². The van der Waals surface area contributed by atoms with Crippen molar-refractivity contribution < 1.29 is 14.4 Å². The van der Waals surface area contributed by atoms with Crippen LogP contribution in [0.5, 0.6) is 0 Å². The highest BCUT2D eigenvalue weighted by Crippen LogP contribution is 2.06. The average molecular weight is 324 g/mol. The van der Waals surface area contributed by atoms with E-state index in [-0.39, 0.29) is 18.9 Å². The van der Waals surface area contributed by atoms with Gasteiger partial charge in [0.2, 0.25) is 17.7 Å². The normalized spacial score (nSPS) is 13.4. The molecule has 0 radical (unpaired) electrons. The fourth-order valence-electron chi connectivity index (χ4n) is 2.07. The van der Waals surface area contributed by atoms with Crippen molar-refractivity contribution >= 4 is 17.7 Å². The Morgan fingerprint density at radius 1 is 1.26 bits per heavy atom. The summed E-state index contributed by atoms with van der Waals surface area (Å²) >= 11 is 0. The number of nitrogens with two attached hydrogens (primary N) is 2. The smallest absolute Gasteiger partial charge is 0.243 e. The lowest BCUT2D eigenvalue weighted by Gasteiger charge is -2.22. The van der Waals surface area contributed by atoms with E-state index in [1.807, 2.05) is 13.8 Å². The second-order valence-electron chi connectivity index (χ2n) is 5.70. The van der Waals surface area contributed by atoms with Gasteiger partial charge < -0.3 is 27.1 Å². The molecule has 0 bridgehead atoms. The molecule has 9 heteroatoms. The molecule has 0 spiro atoms. The number of primary amides is 1. The highest BCUT2D eigenvalue weighted by molar-refractivity contribution is 5.92. The third-order valence-electron chi connectivity index (χ3n) is 3.18. The van der Waals surface area contributed by atoms with Crippen LogP contribution in [0.25, 0.3) is 0 Å². The fourth-order valence-corrected chi connectivity index (χ4v) is 2.07. The minimum atomic E-state index is -0.875. The second-order valence-corrected chi connectivity index (χ2v) is 5.70. The summed E-state index contributed by atoms with van der Waals surface area (Å²) in [6, 6.07) is -1.66. The second kappa shape index (κ2) is 8.89. The number of aromatic nitrogens is 2. The molecule has 3 amide bonds. The lowest BCUT2D eigenvalue weighted by molar-refractivity contribution is -0.131. The standard InChI is InChI=1S/C14H24N6O3/c1-8(2)3-10(13(16)22)20-14(23)11(19-12(21)5-15)4-9-6-17-7-18-9/h6-8,10-11H,3-5,15H2,1-2H3,(H2,16,22)(H,17,18)(H,19,21)(H,20,23)/t10-,11-/m0/s1. The van der Waals surface area contributed by atoms with Gasteiger partial charge >= 0.3 is 0 Å². The maximum absolute atomic E-state index is 12.4. The summed E-state index contributed by atoms with van der Waals surface area (Å²) in [7, 11) is 0. The minimum absolute atomic E-state index is 0.178. The molecule has 0 unspecified atom stereocenters. The van der Waals surface area contributed by atoms with Gasteiger partial charge in [-0.15, -0.1) is 0 Å². The van der Waals surface area contributed by atoms with E-state index < -0.39 is 29.8 Å². The van der Waals surface area contributed by atoms with E-state index in [0.717, 1.165) is 0 Å². The summed E-state index contributed by atoms with van der Waals surface area (Å²) < 4.78 is 0. The zero-order valence-electron chi connectivity index (χ0n) is 13.3. The number of nitrogens with one attached hydrogen (secondary N) is 3. The lowest BCUT2D eigenvalue weighted by Crippen LogP contribution is -2.54. The SMILES string of the molecule is CC(C)C[C@H](NC(=O)[C@H](Cc1cnc[nH]1)NC(=O)CN)C(N)=O. The number of amides is 3. The lowest BCUT2D eigenvalue weighted by atomic mass is 10.0. The fraction of sp³-hybridized carbons (Fsp3) is 0.571. The maximum atomic E-state index is 12.4. The molecular weight excluding hydrogens is 300 g/mol. The first-order valence-corrected chi connectivity index (χ1v) is 7.39. The Kier molecular flexibility index (Phi) is 7.20. The van der Waals surface area contributed by atoms with Gasteiger partial charge in [0.05, 0.1) is 12.9 Å². The molecule has 2 atom stereocenters. The van der Waals surface area contributed by atoms with Gasteiger partial charge in [-0.25, -0.2) is 4.98 Å². The van der Waals surface area contributed by atoms with Crippen LogP contribution in [-0.4, -0.2) is 46.3 Å². The van der Waals surface area contributed by atoms with Crippen LogP contribution in [0.2, 0.25) is 0 Å². The van der Waals surface area contributed by atoms with Crippen LogP contribution in [0.3, 0.4) is 0 Å². The molecular formula is C14H24N6O3. The average Bonchev–Trinajstić information content (AvgIpc) is 2.97. The summed E-state index contributed by atoms with van der Waals surface area (Å²) in [6.45, 7) is 3.60. The zero-order valence-corrected chi connectivity index (χ0v) is 13.3. The highest BCUT2D eigenvalue weighted by Gasteiger charge is 2.26. The molecule has 0 saturated heterocycles. The number of aromatic amines is 1. The van der Waals surface area contributed by atoms with Crippen LogP contribution in [-0.2, 0) is 20.8 Å². The molecule has 0 fully saturated rings. The molecule has 23 heavy (non-hydrogen) atoms. The molecule has 1 aromatic rings. The topological polar surface area (TPSA) is 156 Å². The molecule has 0 aliphatic rings. The summed E-state index contributed by atoms with van der Waals surface area (Å²) in [6.07, 6.45) is 3.64. The monoisotopic (exact) mass is 324 g/mol. The quantitative estimate of drug-likeness (QED) is 0.370. The van der Waals surface area contributed by atoms with Gasteiger partial charge in [0.15, 0.2) is 0 Å². The van der Waals surface area contributed by atoms with Crippen LogP contribution >= 0.6 is 0 Å². The van der Waals surface area contributed by atoms with Gasteiger partial charge in [-0.2, -0.15) is 0 Å². The number of H-pyrrole nitrogens is 1. The first kappa shape index (κ1) is 18.6. The maximum Gasteiger partial charge on any atom is 0.243 e. The van der Waals surface area contributed by atoms with E-state index in [4.69, 9.17) is 11.5 Å². The van der Waals surface area contributed by atoms with Crippen molar-refractivity contribution in [3.05, 3.63) is 18.2 Å². The Hall–Kier alpha value is -2.42. The van der Waals surface area contributed by atoms with Crippen molar-refractivity contribution in [1.82, 2.24) is 20.6 Å². The zero-order chi connectivity index (χ0) is 17.4. The van der Waals surface area contributed by atoms with Crippen molar-refractivity contribution in [3.63, 3.8) is 0 Å². The highest BCUT2D eigenvalue weighted by atomic mass is 16.2. The first-order valence-electron chi connectivity index (χ1n) is 7.39. The molecule has 1 rings (SSSR count). The number of imidazole rings is 1. The molecule has 1 aromatic heterocycles. The Bertz CT molecular complexity index is 529. The summed E-state index contributed by atoms with van der Waals surface area (Å²) in [5.41, 5.74) is 11.3.